The number of nitrogens with one attached hydrogen (secondary N) is 2. The Morgan fingerprint density at radius 1 is 0.970 bits per heavy atom. The second-order valence-electron chi connectivity index (χ2n) is 19.6. The van der Waals surface area contributed by atoms with Crippen LogP contribution in [0.25, 0.3) is 10.1 Å². The molecule has 6 fully saturated rings. The molecule has 0 radical (unpaired) electrons. The normalized spacial score (nSPS) is 28.9. The second kappa shape index (κ2) is 19.1. The van der Waals surface area contributed by atoms with Crippen molar-refractivity contribution < 1.29 is 55.3 Å². The zero-order valence-electron chi connectivity index (χ0n) is 38.1. The van der Waals surface area contributed by atoms with Crippen LogP contribution < -0.4 is 10.4 Å². The number of hydrogen-bond donors (Lipinski definition) is 2. The first-order valence-corrected chi connectivity index (χ1v) is 26.3. The molecule has 3 amide bonds. The van der Waals surface area contributed by atoms with E-state index in [-0.39, 0.29) is 77.7 Å². The van der Waals surface area contributed by atoms with E-state index in [0.29, 0.717) is 61.6 Å². The number of ether oxygens (including phenoxy) is 2. The van der Waals surface area contributed by atoms with Crippen LogP contribution in [0.3, 0.4) is 0 Å². The number of nitrogens with zero attached hydrogens (tertiary/aromatic N) is 3. The van der Waals surface area contributed by atoms with E-state index >= 15 is 4.39 Å². The molecule has 3 aliphatic carbocycles. The van der Waals surface area contributed by atoms with Gasteiger partial charge in [-0.3, -0.25) is 28.5 Å². The van der Waals surface area contributed by atoms with E-state index in [2.05, 4.69) is 32.2 Å². The number of alkyl halides is 4. The molecule has 8 atom stereocenters. The number of rotatable bonds is 16. The molecule has 0 bridgehead atoms. The van der Waals surface area contributed by atoms with E-state index in [1.54, 1.807) is 17.0 Å². The molecule has 3 aromatic rings. The third-order valence-electron chi connectivity index (χ3n) is 14.8. The van der Waals surface area contributed by atoms with Crippen LogP contribution in [0, 0.1) is 0 Å². The van der Waals surface area contributed by atoms with Crippen molar-refractivity contribution in [2.75, 3.05) is 20.2 Å². The number of hydrogen-bond acceptors (Lipinski definition) is 10. The van der Waals surface area contributed by atoms with Crippen LogP contribution in [0.2, 0.25) is 0 Å². The van der Waals surface area contributed by atoms with Crippen LogP contribution in [0.5, 0.6) is 0 Å². The van der Waals surface area contributed by atoms with Gasteiger partial charge < -0.3 is 29.3 Å². The predicted molar refractivity (Wildman–Crippen MR) is 243 cm³/mol. The van der Waals surface area contributed by atoms with Gasteiger partial charge in [0.15, 0.2) is 0 Å². The standard InChI is InChI=1S/C48H60F4N5O8PS/c1-4-20-63-46(61)28(2)54-66(62,65-36-13-14-36)42(49)30-10-17-40-31(21-30)22-41(67-40)43(58)53-38-15-11-33(55(3)35-24-37(25-35)64-48(50,51)52)23-34-12-16-39(57(34)44(38)59)45(60)56-27-32(26-47(56)18-19-47)29-8-6-5-7-9-29/h5-10,17,21-22,28,32-39,42H,4,11-16,18-20,23-27H2,1-3H3,(H,53,58)(H,54,62)/t28-,32+,33-,34+,35?,37?,38-,39-,42+,66?/m0/s1. The average Bonchev–Trinajstić information content (AvgIpc) is 4.12. The molecule has 4 heterocycles. The highest BCUT2D eigenvalue weighted by Crippen LogP contribution is 2.61. The van der Waals surface area contributed by atoms with Gasteiger partial charge >= 0.3 is 19.9 Å². The van der Waals surface area contributed by atoms with Crippen LogP contribution in [-0.4, -0.2) is 119 Å². The van der Waals surface area contributed by atoms with Crippen molar-refractivity contribution >= 4 is 52.6 Å². The minimum atomic E-state index is -4.72. The fourth-order valence-corrected chi connectivity index (χ4v) is 13.9. The van der Waals surface area contributed by atoms with E-state index in [0.717, 1.165) is 30.6 Å². The van der Waals surface area contributed by atoms with Gasteiger partial charge in [-0.15, -0.1) is 24.5 Å². The number of thiophene rings is 1. The van der Waals surface area contributed by atoms with Crippen LogP contribution in [-0.2, 0) is 32.9 Å². The summed E-state index contributed by atoms with van der Waals surface area (Å²) >= 11 is 1.15. The molecular formula is C48H60F4N5O8PS. The molecule has 1 unspecified atom stereocenters. The SMILES string of the molecule is CCCOC(=O)[C@H](C)NP(=O)(OC1CC1)[C@@H](F)c1ccc2sc(C(=O)N[C@H]3CC[C@H](N(C)C4CC(OC(F)(F)F)C4)C[C@H]4CC[C@@H](C(=O)N5C[C@H](c6ccccc6)CC56CC6)N4C3=O)cc2c1. The lowest BCUT2D eigenvalue weighted by Crippen LogP contribution is -2.60. The number of carbonyl (C=O) groups excluding carboxylic acids is 4. The summed E-state index contributed by atoms with van der Waals surface area (Å²) < 4.78 is 85.5. The third kappa shape index (κ3) is 10.4. The number of esters is 1. The van der Waals surface area contributed by atoms with Crippen molar-refractivity contribution in [2.45, 2.75) is 170 Å². The molecule has 1 aromatic heterocycles. The number of halogens is 4. The molecule has 67 heavy (non-hydrogen) atoms. The maximum atomic E-state index is 16.4. The quantitative estimate of drug-likeness (QED) is 0.0812. The number of amides is 3. The highest BCUT2D eigenvalue weighted by atomic mass is 32.1. The fourth-order valence-electron chi connectivity index (χ4n) is 10.8. The lowest BCUT2D eigenvalue weighted by atomic mass is 9.85. The Kier molecular flexibility index (Phi) is 13.7. The van der Waals surface area contributed by atoms with E-state index < -0.39 is 62.0 Å². The number of likely N-dealkylation sites (tertiary alicyclic amines) is 1. The molecule has 3 saturated heterocycles. The van der Waals surface area contributed by atoms with Gasteiger partial charge in [-0.1, -0.05) is 43.3 Å². The lowest BCUT2D eigenvalue weighted by molar-refractivity contribution is -0.354. The van der Waals surface area contributed by atoms with Crippen LogP contribution in [0.15, 0.2) is 54.6 Å². The number of benzene rings is 2. The van der Waals surface area contributed by atoms with Crippen LogP contribution in [0.1, 0.15) is 130 Å². The van der Waals surface area contributed by atoms with Gasteiger partial charge in [0.05, 0.1) is 23.7 Å². The molecule has 3 saturated carbocycles. The first-order valence-electron chi connectivity index (χ1n) is 23.8. The minimum Gasteiger partial charge on any atom is -0.465 e. The molecule has 2 aromatic carbocycles. The van der Waals surface area contributed by atoms with Crippen molar-refractivity contribution in [1.82, 2.24) is 25.1 Å². The van der Waals surface area contributed by atoms with Gasteiger partial charge in [0, 0.05) is 40.8 Å². The lowest BCUT2D eigenvalue weighted by Gasteiger charge is -2.47. The highest BCUT2D eigenvalue weighted by molar-refractivity contribution is 7.57. The zero-order chi connectivity index (χ0) is 47.4. The summed E-state index contributed by atoms with van der Waals surface area (Å²) in [5, 5.41) is 6.10. The first kappa shape index (κ1) is 48.1. The van der Waals surface area contributed by atoms with Gasteiger partial charge in [-0.05, 0) is 132 Å². The largest absolute Gasteiger partial charge is 0.522 e. The van der Waals surface area contributed by atoms with Gasteiger partial charge in [0.1, 0.15) is 18.1 Å². The molecular weight excluding hydrogens is 914 g/mol. The Morgan fingerprint density at radius 2 is 1.72 bits per heavy atom. The predicted octanol–water partition coefficient (Wildman–Crippen LogP) is 8.73. The summed E-state index contributed by atoms with van der Waals surface area (Å²) in [6.45, 7) is 4.01. The highest BCUT2D eigenvalue weighted by Gasteiger charge is 2.59. The summed E-state index contributed by atoms with van der Waals surface area (Å²) in [4.78, 5) is 62.6. The maximum absolute atomic E-state index is 16.4. The first-order chi connectivity index (χ1) is 31.9. The van der Waals surface area contributed by atoms with Crippen LogP contribution >= 0.6 is 18.9 Å². The topological polar surface area (TPSA) is 147 Å². The summed E-state index contributed by atoms with van der Waals surface area (Å²) in [6, 6.07) is 12.9. The Bertz CT molecular complexity index is 2380. The Hall–Kier alpha value is -3.93. The van der Waals surface area contributed by atoms with Crippen molar-refractivity contribution in [3.05, 3.63) is 70.6 Å². The van der Waals surface area contributed by atoms with E-state index in [1.165, 1.54) is 24.6 Å². The summed E-state index contributed by atoms with van der Waals surface area (Å²) in [5.41, 5.74) is 0.979. The molecule has 2 N–H and O–H groups in total. The van der Waals surface area contributed by atoms with Gasteiger partial charge in [-0.25, -0.2) is 9.48 Å². The summed E-state index contributed by atoms with van der Waals surface area (Å²) in [6.07, 6.45) is 1.14. The van der Waals surface area contributed by atoms with Gasteiger partial charge in [-0.2, -0.15) is 0 Å². The summed E-state index contributed by atoms with van der Waals surface area (Å²) in [7, 11) is -2.40. The average molecular weight is 974 g/mol. The monoisotopic (exact) mass is 973 g/mol. The Labute approximate surface area is 392 Å². The molecule has 1 spiro atoms. The van der Waals surface area contributed by atoms with Crippen molar-refractivity contribution in [3.8, 4) is 0 Å². The van der Waals surface area contributed by atoms with Crippen molar-refractivity contribution in [2.24, 2.45) is 0 Å². The molecule has 9 rings (SSSR count). The van der Waals surface area contributed by atoms with E-state index in [1.807, 2.05) is 37.1 Å². The second-order valence-corrected chi connectivity index (χ2v) is 22.8. The summed E-state index contributed by atoms with van der Waals surface area (Å²) in [5.74, 6) is -3.57. The van der Waals surface area contributed by atoms with E-state index in [4.69, 9.17) is 9.26 Å². The Morgan fingerprint density at radius 3 is 2.40 bits per heavy atom. The molecule has 19 heteroatoms. The zero-order valence-corrected chi connectivity index (χ0v) is 39.8. The van der Waals surface area contributed by atoms with Crippen molar-refractivity contribution in [1.29, 1.82) is 0 Å². The Balaban J connectivity index is 0.941. The maximum Gasteiger partial charge on any atom is 0.522 e. The minimum absolute atomic E-state index is 0.0350. The van der Waals surface area contributed by atoms with E-state index in [9.17, 15) is 36.9 Å². The molecule has 3 aliphatic heterocycles. The van der Waals surface area contributed by atoms with Crippen LogP contribution in [0.4, 0.5) is 17.6 Å². The fraction of sp³-hybridized carbons (Fsp3) is 0.625. The number of carbonyl (C=O) groups is 4. The third-order valence-corrected chi connectivity index (χ3v) is 18.2. The smallest absolute Gasteiger partial charge is 0.465 e. The van der Waals surface area contributed by atoms with Gasteiger partial charge in [0.25, 0.3) is 5.91 Å². The van der Waals surface area contributed by atoms with Gasteiger partial charge in [0.2, 0.25) is 17.7 Å². The molecule has 6 aliphatic rings. The number of fused-ring (bicyclic) bond motifs is 2. The molecule has 364 valence electrons. The van der Waals surface area contributed by atoms with Crippen molar-refractivity contribution in [3.63, 3.8) is 0 Å². The molecule has 13 nitrogen and oxygen atoms in total.